The van der Waals surface area contributed by atoms with Crippen molar-refractivity contribution in [3.8, 4) is 0 Å². The van der Waals surface area contributed by atoms with Gasteiger partial charge in [-0.25, -0.2) is 4.98 Å². The average Bonchev–Trinajstić information content (AvgIpc) is 2.99. The largest absolute Gasteiger partial charge is 0.351 e. The standard InChI is InChI=1S/C16H22N4O.ClH/c1-2-3-15(17)16(21)19-10-13-4-6-14(7-5-13)11-20-9-8-18-12-20;/h4-9,12,15H,2-3,10-11,17H2,1H3,(H,19,21);1H. The van der Waals surface area contributed by atoms with Gasteiger partial charge in [-0.2, -0.15) is 0 Å². The smallest absolute Gasteiger partial charge is 0.237 e. The Morgan fingerprint density at radius 3 is 2.59 bits per heavy atom. The first kappa shape index (κ1) is 18.2. The monoisotopic (exact) mass is 322 g/mol. The van der Waals surface area contributed by atoms with Crippen molar-refractivity contribution in [2.45, 2.75) is 38.9 Å². The number of carbonyl (C=O) groups is 1. The van der Waals surface area contributed by atoms with Crippen LogP contribution in [-0.4, -0.2) is 21.5 Å². The van der Waals surface area contributed by atoms with Crippen LogP contribution in [0.4, 0.5) is 0 Å². The molecule has 1 aromatic carbocycles. The normalized spacial score (nSPS) is 11.5. The second-order valence-electron chi connectivity index (χ2n) is 5.16. The van der Waals surface area contributed by atoms with Crippen molar-refractivity contribution in [2.75, 3.05) is 0 Å². The average molecular weight is 323 g/mol. The molecule has 6 heteroatoms. The number of amides is 1. The van der Waals surface area contributed by atoms with Gasteiger partial charge >= 0.3 is 0 Å². The Hall–Kier alpha value is -1.85. The highest BCUT2D eigenvalue weighted by atomic mass is 35.5. The Kier molecular flexibility index (Phi) is 7.63. The minimum absolute atomic E-state index is 0. The van der Waals surface area contributed by atoms with E-state index >= 15 is 0 Å². The van der Waals surface area contributed by atoms with Gasteiger partial charge in [0.25, 0.3) is 0 Å². The number of imidazole rings is 1. The van der Waals surface area contributed by atoms with Crippen molar-refractivity contribution in [1.29, 1.82) is 0 Å². The lowest BCUT2D eigenvalue weighted by atomic mass is 10.1. The predicted molar refractivity (Wildman–Crippen MR) is 89.7 cm³/mol. The molecule has 1 aromatic heterocycles. The fourth-order valence-corrected chi connectivity index (χ4v) is 2.12. The van der Waals surface area contributed by atoms with E-state index in [0.29, 0.717) is 6.54 Å². The molecule has 1 unspecified atom stereocenters. The molecule has 1 amide bonds. The lowest BCUT2D eigenvalue weighted by Gasteiger charge is -2.11. The summed E-state index contributed by atoms with van der Waals surface area (Å²) in [7, 11) is 0. The van der Waals surface area contributed by atoms with Crippen molar-refractivity contribution in [2.24, 2.45) is 5.73 Å². The van der Waals surface area contributed by atoms with E-state index in [1.807, 2.05) is 29.8 Å². The van der Waals surface area contributed by atoms with Crippen LogP contribution in [0.3, 0.4) is 0 Å². The van der Waals surface area contributed by atoms with E-state index in [0.717, 1.165) is 24.9 Å². The van der Waals surface area contributed by atoms with Crippen molar-refractivity contribution in [3.63, 3.8) is 0 Å². The zero-order valence-corrected chi connectivity index (χ0v) is 13.6. The first-order valence-corrected chi connectivity index (χ1v) is 7.26. The summed E-state index contributed by atoms with van der Waals surface area (Å²) >= 11 is 0. The van der Waals surface area contributed by atoms with Gasteiger partial charge in [0.05, 0.1) is 12.4 Å². The van der Waals surface area contributed by atoms with Crippen LogP contribution in [0.5, 0.6) is 0 Å². The van der Waals surface area contributed by atoms with Gasteiger partial charge in [0.2, 0.25) is 5.91 Å². The van der Waals surface area contributed by atoms with E-state index in [1.54, 1.807) is 12.5 Å². The van der Waals surface area contributed by atoms with Gasteiger partial charge in [-0.15, -0.1) is 12.4 Å². The molecule has 0 fully saturated rings. The molecule has 1 atom stereocenters. The Bertz CT molecular complexity index is 554. The molecule has 0 radical (unpaired) electrons. The molecule has 120 valence electrons. The molecular formula is C16H23ClN4O. The highest BCUT2D eigenvalue weighted by molar-refractivity contribution is 5.85. The molecule has 0 aliphatic rings. The molecule has 0 spiro atoms. The minimum atomic E-state index is -0.407. The summed E-state index contributed by atoms with van der Waals surface area (Å²) in [6.45, 7) is 3.34. The number of hydrogen-bond donors (Lipinski definition) is 2. The van der Waals surface area contributed by atoms with Crippen LogP contribution in [0.25, 0.3) is 0 Å². The Morgan fingerprint density at radius 2 is 2.00 bits per heavy atom. The van der Waals surface area contributed by atoms with Gasteiger partial charge in [-0.3, -0.25) is 4.79 Å². The van der Waals surface area contributed by atoms with E-state index in [4.69, 9.17) is 5.73 Å². The van der Waals surface area contributed by atoms with Crippen molar-refractivity contribution >= 4 is 18.3 Å². The molecule has 0 aliphatic carbocycles. The fraction of sp³-hybridized carbons (Fsp3) is 0.375. The maximum Gasteiger partial charge on any atom is 0.237 e. The molecule has 0 aliphatic heterocycles. The van der Waals surface area contributed by atoms with Gasteiger partial charge in [-0.1, -0.05) is 37.6 Å². The molecule has 5 nitrogen and oxygen atoms in total. The highest BCUT2D eigenvalue weighted by Gasteiger charge is 2.11. The van der Waals surface area contributed by atoms with Crippen LogP contribution in [0.2, 0.25) is 0 Å². The summed E-state index contributed by atoms with van der Waals surface area (Å²) in [5.41, 5.74) is 8.04. The van der Waals surface area contributed by atoms with Crippen LogP contribution in [0, 0.1) is 0 Å². The summed E-state index contributed by atoms with van der Waals surface area (Å²) < 4.78 is 2.01. The van der Waals surface area contributed by atoms with Crippen LogP contribution >= 0.6 is 12.4 Å². The third-order valence-corrected chi connectivity index (χ3v) is 3.35. The Labute approximate surface area is 137 Å². The number of nitrogens with zero attached hydrogens (tertiary/aromatic N) is 2. The Morgan fingerprint density at radius 1 is 1.32 bits per heavy atom. The third kappa shape index (κ3) is 5.50. The second kappa shape index (κ2) is 9.23. The number of aromatic nitrogens is 2. The number of hydrogen-bond acceptors (Lipinski definition) is 3. The number of carbonyl (C=O) groups excluding carboxylic acids is 1. The Balaban J connectivity index is 0.00000242. The van der Waals surface area contributed by atoms with Crippen LogP contribution in [-0.2, 0) is 17.9 Å². The first-order valence-electron chi connectivity index (χ1n) is 7.26. The maximum absolute atomic E-state index is 11.7. The molecular weight excluding hydrogens is 300 g/mol. The second-order valence-corrected chi connectivity index (χ2v) is 5.16. The van der Waals surface area contributed by atoms with Gasteiger partial charge in [-0.05, 0) is 17.5 Å². The van der Waals surface area contributed by atoms with E-state index in [-0.39, 0.29) is 18.3 Å². The molecule has 0 saturated heterocycles. The quantitative estimate of drug-likeness (QED) is 0.820. The summed E-state index contributed by atoms with van der Waals surface area (Å²) in [5, 5.41) is 2.87. The van der Waals surface area contributed by atoms with E-state index < -0.39 is 6.04 Å². The lowest BCUT2D eigenvalue weighted by Crippen LogP contribution is -2.40. The minimum Gasteiger partial charge on any atom is -0.351 e. The lowest BCUT2D eigenvalue weighted by molar-refractivity contribution is -0.122. The van der Waals surface area contributed by atoms with Gasteiger partial charge < -0.3 is 15.6 Å². The molecule has 1 heterocycles. The van der Waals surface area contributed by atoms with E-state index in [2.05, 4.69) is 22.4 Å². The number of benzene rings is 1. The van der Waals surface area contributed by atoms with Crippen molar-refractivity contribution < 1.29 is 4.79 Å². The molecule has 3 N–H and O–H groups in total. The van der Waals surface area contributed by atoms with Gasteiger partial charge in [0, 0.05) is 25.5 Å². The summed E-state index contributed by atoms with van der Waals surface area (Å²) in [6, 6.07) is 7.77. The zero-order valence-electron chi connectivity index (χ0n) is 12.7. The van der Waals surface area contributed by atoms with Crippen molar-refractivity contribution in [3.05, 3.63) is 54.1 Å². The third-order valence-electron chi connectivity index (χ3n) is 3.35. The molecule has 2 aromatic rings. The number of nitrogens with two attached hydrogens (primary N) is 1. The first-order chi connectivity index (χ1) is 10.2. The topological polar surface area (TPSA) is 72.9 Å². The van der Waals surface area contributed by atoms with Crippen molar-refractivity contribution in [1.82, 2.24) is 14.9 Å². The summed E-state index contributed by atoms with van der Waals surface area (Å²) in [4.78, 5) is 15.8. The van der Waals surface area contributed by atoms with Crippen LogP contribution < -0.4 is 11.1 Å². The maximum atomic E-state index is 11.7. The summed E-state index contributed by atoms with van der Waals surface area (Å²) in [6.07, 6.45) is 7.13. The number of halogens is 1. The van der Waals surface area contributed by atoms with Gasteiger partial charge in [0.15, 0.2) is 0 Å². The van der Waals surface area contributed by atoms with E-state index in [9.17, 15) is 4.79 Å². The fourth-order valence-electron chi connectivity index (χ4n) is 2.12. The molecule has 0 bridgehead atoms. The highest BCUT2D eigenvalue weighted by Crippen LogP contribution is 2.06. The van der Waals surface area contributed by atoms with E-state index in [1.165, 1.54) is 5.56 Å². The molecule has 2 rings (SSSR count). The van der Waals surface area contributed by atoms with Gasteiger partial charge in [0.1, 0.15) is 0 Å². The number of nitrogens with one attached hydrogen (secondary N) is 1. The predicted octanol–water partition coefficient (Wildman–Crippen LogP) is 2.10. The van der Waals surface area contributed by atoms with Crippen LogP contribution in [0.15, 0.2) is 43.0 Å². The molecule has 22 heavy (non-hydrogen) atoms. The number of rotatable bonds is 7. The van der Waals surface area contributed by atoms with Crippen LogP contribution in [0.1, 0.15) is 30.9 Å². The molecule has 0 saturated carbocycles. The SMILES string of the molecule is CCCC(N)C(=O)NCc1ccc(Cn2ccnc2)cc1.Cl. The zero-order chi connectivity index (χ0) is 15.1. The summed E-state index contributed by atoms with van der Waals surface area (Å²) in [5.74, 6) is -0.0839.